The molecule has 0 N–H and O–H groups in total. The molecule has 0 aliphatic rings. The molecule has 4 nitrogen and oxygen atoms in total. The van der Waals surface area contributed by atoms with Gasteiger partial charge >= 0.3 is 0 Å². The van der Waals surface area contributed by atoms with Crippen LogP contribution >= 0.6 is 11.6 Å². The molecule has 0 aliphatic carbocycles. The van der Waals surface area contributed by atoms with E-state index in [9.17, 15) is 0 Å². The Morgan fingerprint density at radius 1 is 1.26 bits per heavy atom. The number of halogens is 1. The van der Waals surface area contributed by atoms with Gasteiger partial charge in [0.2, 0.25) is 6.29 Å². The minimum Gasteiger partial charge on any atom is -0.457 e. The van der Waals surface area contributed by atoms with Gasteiger partial charge in [-0.1, -0.05) is 32.4 Å². The summed E-state index contributed by atoms with van der Waals surface area (Å²) in [5.41, 5.74) is 1.01. The van der Waals surface area contributed by atoms with Crippen molar-refractivity contribution in [2.24, 2.45) is 5.92 Å². The van der Waals surface area contributed by atoms with Crippen LogP contribution in [0.5, 0.6) is 5.75 Å². The van der Waals surface area contributed by atoms with Crippen LogP contribution in [0.4, 0.5) is 0 Å². The summed E-state index contributed by atoms with van der Waals surface area (Å²) in [6, 6.07) is 7.30. The van der Waals surface area contributed by atoms with Gasteiger partial charge in [0.25, 0.3) is 0 Å². The van der Waals surface area contributed by atoms with Crippen molar-refractivity contribution in [1.29, 1.82) is 0 Å². The zero-order chi connectivity index (χ0) is 16.8. The quantitative estimate of drug-likeness (QED) is 0.515. The Labute approximate surface area is 142 Å². The molecule has 1 aromatic carbocycles. The van der Waals surface area contributed by atoms with Gasteiger partial charge in [0.05, 0.1) is 12.0 Å². The molecule has 5 heteroatoms. The first-order valence-electron chi connectivity index (χ1n) is 7.79. The first kappa shape index (κ1) is 17.4. The van der Waals surface area contributed by atoms with Crippen LogP contribution in [0.1, 0.15) is 34.1 Å². The predicted molar refractivity (Wildman–Crippen MR) is 93.2 cm³/mol. The molecule has 2 aromatic rings. The molecule has 0 amide bonds. The number of allylic oxidation sites excluding steroid dienone is 2. The minimum absolute atomic E-state index is 0.236. The normalized spacial score (nSPS) is 13.7. The highest BCUT2D eigenvalue weighted by Gasteiger charge is 2.17. The summed E-state index contributed by atoms with van der Waals surface area (Å²) in [5.74, 6) is 1.87. The fraction of sp³-hybridized carbons (Fsp3) is 0.389. The van der Waals surface area contributed by atoms with E-state index in [0.29, 0.717) is 5.02 Å². The van der Waals surface area contributed by atoms with Crippen molar-refractivity contribution < 1.29 is 9.47 Å². The van der Waals surface area contributed by atoms with Crippen LogP contribution in [-0.4, -0.2) is 15.8 Å². The van der Waals surface area contributed by atoms with Crippen molar-refractivity contribution in [3.05, 3.63) is 53.8 Å². The third-order valence-corrected chi connectivity index (χ3v) is 3.70. The Balaban J connectivity index is 2.17. The number of rotatable bonds is 7. The van der Waals surface area contributed by atoms with Gasteiger partial charge in [0.15, 0.2) is 0 Å². The SMILES string of the molecule is CCC(OC(=C(C)n1ccnc1)C(C)C)Oc1ccc(Cl)cc1. The number of benzene rings is 1. The van der Waals surface area contributed by atoms with E-state index in [2.05, 4.69) is 18.8 Å². The average molecular weight is 335 g/mol. The summed E-state index contributed by atoms with van der Waals surface area (Å²) >= 11 is 5.90. The summed E-state index contributed by atoms with van der Waals surface area (Å²) in [7, 11) is 0. The van der Waals surface area contributed by atoms with E-state index in [1.165, 1.54) is 0 Å². The molecule has 0 saturated carbocycles. The molecule has 0 saturated heterocycles. The fourth-order valence-corrected chi connectivity index (χ4v) is 2.35. The third-order valence-electron chi connectivity index (χ3n) is 3.45. The Morgan fingerprint density at radius 3 is 2.48 bits per heavy atom. The van der Waals surface area contributed by atoms with Crippen molar-refractivity contribution in [2.75, 3.05) is 0 Å². The molecule has 23 heavy (non-hydrogen) atoms. The maximum absolute atomic E-state index is 6.16. The van der Waals surface area contributed by atoms with Crippen molar-refractivity contribution in [1.82, 2.24) is 9.55 Å². The van der Waals surface area contributed by atoms with Crippen LogP contribution in [0, 0.1) is 5.92 Å². The molecule has 1 heterocycles. The summed E-state index contributed by atoms with van der Waals surface area (Å²) in [6.07, 6.45) is 5.80. The van der Waals surface area contributed by atoms with Crippen molar-refractivity contribution in [2.45, 2.75) is 40.4 Å². The second-order valence-electron chi connectivity index (χ2n) is 5.60. The van der Waals surface area contributed by atoms with Crippen LogP contribution < -0.4 is 4.74 Å². The van der Waals surface area contributed by atoms with E-state index in [-0.39, 0.29) is 12.2 Å². The van der Waals surface area contributed by atoms with Crippen molar-refractivity contribution >= 4 is 17.3 Å². The Morgan fingerprint density at radius 2 is 1.96 bits per heavy atom. The number of ether oxygens (including phenoxy) is 2. The molecule has 2 rings (SSSR count). The molecule has 0 fully saturated rings. The maximum atomic E-state index is 6.16. The molecule has 1 atom stereocenters. The standard InChI is InChI=1S/C18H23ClN2O2/c1-5-17(22-16-8-6-15(19)7-9-16)23-18(13(2)3)14(4)21-11-10-20-12-21/h6-13,17H,5H2,1-4H3. The number of hydrogen-bond donors (Lipinski definition) is 0. The van der Waals surface area contributed by atoms with Gasteiger partial charge in [-0.25, -0.2) is 4.98 Å². The maximum Gasteiger partial charge on any atom is 0.240 e. The van der Waals surface area contributed by atoms with Gasteiger partial charge in [-0.2, -0.15) is 0 Å². The lowest BCUT2D eigenvalue weighted by atomic mass is 10.1. The zero-order valence-electron chi connectivity index (χ0n) is 14.0. The van der Waals surface area contributed by atoms with E-state index < -0.39 is 0 Å². The molecule has 0 radical (unpaired) electrons. The number of imidazole rings is 1. The first-order valence-corrected chi connectivity index (χ1v) is 8.17. The average Bonchev–Trinajstić information content (AvgIpc) is 3.06. The number of nitrogens with zero attached hydrogens (tertiary/aromatic N) is 2. The molecule has 0 bridgehead atoms. The van der Waals surface area contributed by atoms with E-state index in [1.807, 2.05) is 36.7 Å². The van der Waals surface area contributed by atoms with Gasteiger partial charge in [0.1, 0.15) is 11.5 Å². The summed E-state index contributed by atoms with van der Waals surface area (Å²) in [6.45, 7) is 8.26. The number of hydrogen-bond acceptors (Lipinski definition) is 3. The largest absolute Gasteiger partial charge is 0.457 e. The lowest BCUT2D eigenvalue weighted by Crippen LogP contribution is -2.22. The van der Waals surface area contributed by atoms with E-state index in [1.54, 1.807) is 24.7 Å². The molecule has 0 aliphatic heterocycles. The van der Waals surface area contributed by atoms with Gasteiger partial charge in [-0.3, -0.25) is 0 Å². The van der Waals surface area contributed by atoms with Gasteiger partial charge in [0, 0.05) is 29.8 Å². The molecule has 124 valence electrons. The Kier molecular flexibility index (Phi) is 6.11. The van der Waals surface area contributed by atoms with Gasteiger partial charge < -0.3 is 14.0 Å². The van der Waals surface area contributed by atoms with E-state index in [0.717, 1.165) is 23.6 Å². The first-order chi connectivity index (χ1) is 11.0. The van der Waals surface area contributed by atoms with Crippen molar-refractivity contribution in [3.63, 3.8) is 0 Å². The van der Waals surface area contributed by atoms with Gasteiger partial charge in [-0.05, 0) is 31.2 Å². The molecule has 1 aromatic heterocycles. The second-order valence-corrected chi connectivity index (χ2v) is 6.04. The monoisotopic (exact) mass is 334 g/mol. The molecule has 1 unspecified atom stereocenters. The van der Waals surface area contributed by atoms with Crippen LogP contribution in [0.2, 0.25) is 5.02 Å². The van der Waals surface area contributed by atoms with E-state index in [4.69, 9.17) is 21.1 Å². The highest BCUT2D eigenvalue weighted by Crippen LogP contribution is 2.24. The van der Waals surface area contributed by atoms with Gasteiger partial charge in [-0.15, -0.1) is 0 Å². The van der Waals surface area contributed by atoms with Crippen molar-refractivity contribution in [3.8, 4) is 5.75 Å². The van der Waals surface area contributed by atoms with Crippen LogP contribution in [0.15, 0.2) is 48.7 Å². The number of aromatic nitrogens is 2. The highest BCUT2D eigenvalue weighted by molar-refractivity contribution is 6.30. The third kappa shape index (κ3) is 4.76. The van der Waals surface area contributed by atoms with E-state index >= 15 is 0 Å². The fourth-order valence-electron chi connectivity index (χ4n) is 2.22. The summed E-state index contributed by atoms with van der Waals surface area (Å²) < 4.78 is 14.0. The smallest absolute Gasteiger partial charge is 0.240 e. The predicted octanol–water partition coefficient (Wildman–Crippen LogP) is 5.21. The summed E-state index contributed by atoms with van der Waals surface area (Å²) in [4.78, 5) is 4.09. The summed E-state index contributed by atoms with van der Waals surface area (Å²) in [5, 5.41) is 0.685. The lowest BCUT2D eigenvalue weighted by molar-refractivity contribution is -0.0534. The van der Waals surface area contributed by atoms with Crippen LogP contribution in [-0.2, 0) is 4.74 Å². The molecular formula is C18H23ClN2O2. The molecule has 0 spiro atoms. The molecular weight excluding hydrogens is 312 g/mol. The Hall–Kier alpha value is -1.94. The Bertz CT molecular complexity index is 634. The second kappa shape index (κ2) is 8.06. The zero-order valence-corrected chi connectivity index (χ0v) is 14.7. The minimum atomic E-state index is -0.355. The van der Waals surface area contributed by atoms with Crippen LogP contribution in [0.25, 0.3) is 5.70 Å². The van der Waals surface area contributed by atoms with Crippen LogP contribution in [0.3, 0.4) is 0 Å². The lowest BCUT2D eigenvalue weighted by Gasteiger charge is -2.24. The highest BCUT2D eigenvalue weighted by atomic mass is 35.5. The topological polar surface area (TPSA) is 36.3 Å².